The van der Waals surface area contributed by atoms with Gasteiger partial charge >= 0.3 is 0 Å². The lowest BCUT2D eigenvalue weighted by molar-refractivity contribution is -0.116. The van der Waals surface area contributed by atoms with Gasteiger partial charge in [0, 0.05) is 25.7 Å². The van der Waals surface area contributed by atoms with E-state index in [0.29, 0.717) is 13.0 Å². The van der Waals surface area contributed by atoms with Crippen LogP contribution >= 0.6 is 11.7 Å². The first-order valence-corrected chi connectivity index (χ1v) is 8.03. The zero-order valence-corrected chi connectivity index (χ0v) is 13.6. The molecule has 3 rings (SSSR count). The van der Waals surface area contributed by atoms with Gasteiger partial charge in [0.2, 0.25) is 5.91 Å². The number of hydrogen-bond acceptors (Lipinski definition) is 6. The summed E-state index contributed by atoms with van der Waals surface area (Å²) in [5, 5.41) is 2.84. The van der Waals surface area contributed by atoms with Crippen molar-refractivity contribution in [3.05, 3.63) is 48.3 Å². The molecule has 1 amide bonds. The molecule has 0 radical (unpaired) electrons. The molecule has 1 aromatic carbocycles. The molecular formula is C16H17N5OS. The lowest BCUT2D eigenvalue weighted by Gasteiger charge is -2.16. The topological polar surface area (TPSA) is 71.0 Å². The number of nitrogens with zero attached hydrogens (tertiary/aromatic N) is 4. The Morgan fingerprint density at radius 2 is 2.13 bits per heavy atom. The molecule has 1 N–H and O–H groups in total. The van der Waals surface area contributed by atoms with E-state index in [1.165, 1.54) is 17.3 Å². The van der Waals surface area contributed by atoms with Crippen LogP contribution in [0.25, 0.3) is 11.0 Å². The van der Waals surface area contributed by atoms with E-state index in [4.69, 9.17) is 0 Å². The number of rotatable bonds is 6. The first-order valence-electron chi connectivity index (χ1n) is 7.30. The first kappa shape index (κ1) is 15.5. The van der Waals surface area contributed by atoms with Gasteiger partial charge in [0.1, 0.15) is 11.0 Å². The number of fused-ring (bicyclic) bond motifs is 1. The molecule has 23 heavy (non-hydrogen) atoms. The summed E-state index contributed by atoms with van der Waals surface area (Å²) >= 11 is 1.22. The molecule has 0 aliphatic carbocycles. The zero-order chi connectivity index (χ0) is 16.1. The number of nitrogens with one attached hydrogen (secondary N) is 1. The summed E-state index contributed by atoms with van der Waals surface area (Å²) in [7, 11) is 2.00. The molecule has 6 nitrogen and oxygen atoms in total. The van der Waals surface area contributed by atoms with E-state index in [1.54, 1.807) is 18.5 Å². The van der Waals surface area contributed by atoms with Crippen LogP contribution in [0.5, 0.6) is 0 Å². The number of anilines is 1. The van der Waals surface area contributed by atoms with Gasteiger partial charge in [-0.05, 0) is 36.9 Å². The monoisotopic (exact) mass is 327 g/mol. The third-order valence-electron chi connectivity index (χ3n) is 3.44. The number of aromatic nitrogens is 3. The van der Waals surface area contributed by atoms with Gasteiger partial charge in [0.25, 0.3) is 0 Å². The molecule has 0 atom stereocenters. The normalized spacial score (nSPS) is 11.0. The summed E-state index contributed by atoms with van der Waals surface area (Å²) < 4.78 is 8.45. The van der Waals surface area contributed by atoms with Crippen molar-refractivity contribution in [2.75, 3.05) is 18.9 Å². The molecule has 0 aliphatic heterocycles. The highest BCUT2D eigenvalue weighted by molar-refractivity contribution is 7.00. The minimum Gasteiger partial charge on any atom is -0.325 e. The maximum absolute atomic E-state index is 11.9. The second kappa shape index (κ2) is 7.26. The second-order valence-electron chi connectivity index (χ2n) is 5.36. The van der Waals surface area contributed by atoms with Crippen LogP contribution < -0.4 is 5.32 Å². The minimum atomic E-state index is -0.0102. The van der Waals surface area contributed by atoms with Crippen LogP contribution in [-0.2, 0) is 11.3 Å². The maximum atomic E-state index is 11.9. The SMILES string of the molecule is CN(CCC(=O)Nc1cccnc1)Cc1ccc2nsnc2c1. The Bertz CT molecular complexity index is 789. The third-order valence-corrected chi connectivity index (χ3v) is 3.99. The van der Waals surface area contributed by atoms with E-state index in [2.05, 4.69) is 30.0 Å². The van der Waals surface area contributed by atoms with E-state index in [-0.39, 0.29) is 5.91 Å². The Hall–Kier alpha value is -2.38. The predicted octanol–water partition coefficient (Wildman–Crippen LogP) is 2.55. The summed E-state index contributed by atoms with van der Waals surface area (Å²) in [5.41, 5.74) is 3.74. The number of benzene rings is 1. The van der Waals surface area contributed by atoms with Crippen LogP contribution in [0.15, 0.2) is 42.7 Å². The second-order valence-corrected chi connectivity index (χ2v) is 5.89. The van der Waals surface area contributed by atoms with Gasteiger partial charge in [0.15, 0.2) is 0 Å². The molecule has 0 aliphatic rings. The van der Waals surface area contributed by atoms with E-state index < -0.39 is 0 Å². The lowest BCUT2D eigenvalue weighted by Crippen LogP contribution is -2.24. The molecule has 0 saturated carbocycles. The number of pyridine rings is 1. The summed E-state index contributed by atoms with van der Waals surface area (Å²) in [5.74, 6) is -0.0102. The Labute approximate surface area is 138 Å². The van der Waals surface area contributed by atoms with Crippen molar-refractivity contribution in [3.8, 4) is 0 Å². The molecular weight excluding hydrogens is 310 g/mol. The lowest BCUT2D eigenvalue weighted by atomic mass is 10.2. The van der Waals surface area contributed by atoms with Crippen molar-refractivity contribution in [1.82, 2.24) is 18.6 Å². The van der Waals surface area contributed by atoms with Crippen LogP contribution in [0, 0.1) is 0 Å². The number of carbonyl (C=O) groups excluding carboxylic acids is 1. The summed E-state index contributed by atoms with van der Waals surface area (Å²) in [6, 6.07) is 9.70. The molecule has 118 valence electrons. The van der Waals surface area contributed by atoms with E-state index >= 15 is 0 Å². The Balaban J connectivity index is 1.49. The van der Waals surface area contributed by atoms with Crippen molar-refractivity contribution >= 4 is 34.4 Å². The summed E-state index contributed by atoms with van der Waals surface area (Å²) in [6.45, 7) is 1.45. The van der Waals surface area contributed by atoms with Gasteiger partial charge in [0.05, 0.1) is 23.6 Å². The maximum Gasteiger partial charge on any atom is 0.225 e. The fraction of sp³-hybridized carbons (Fsp3) is 0.250. The molecule has 0 fully saturated rings. The van der Waals surface area contributed by atoms with Crippen LogP contribution in [0.2, 0.25) is 0 Å². The number of amides is 1. The first-order chi connectivity index (χ1) is 11.2. The van der Waals surface area contributed by atoms with Crippen LogP contribution in [-0.4, -0.2) is 38.1 Å². The molecule has 3 aromatic rings. The molecule has 7 heteroatoms. The average molecular weight is 327 g/mol. The van der Waals surface area contributed by atoms with E-state index in [1.807, 2.05) is 25.2 Å². The highest BCUT2D eigenvalue weighted by Gasteiger charge is 2.07. The fourth-order valence-corrected chi connectivity index (χ4v) is 2.79. The minimum absolute atomic E-state index is 0.0102. The van der Waals surface area contributed by atoms with Crippen LogP contribution in [0.3, 0.4) is 0 Å². The van der Waals surface area contributed by atoms with Gasteiger partial charge < -0.3 is 10.2 Å². The molecule has 0 unspecified atom stereocenters. The van der Waals surface area contributed by atoms with Crippen molar-refractivity contribution in [2.45, 2.75) is 13.0 Å². The third kappa shape index (κ3) is 4.30. The number of hydrogen-bond donors (Lipinski definition) is 1. The number of carbonyl (C=O) groups is 1. The Morgan fingerprint density at radius 3 is 2.96 bits per heavy atom. The zero-order valence-electron chi connectivity index (χ0n) is 12.8. The van der Waals surface area contributed by atoms with Gasteiger partial charge in [-0.3, -0.25) is 9.78 Å². The molecule has 2 heterocycles. The highest BCUT2D eigenvalue weighted by Crippen LogP contribution is 2.14. The quantitative estimate of drug-likeness (QED) is 0.753. The van der Waals surface area contributed by atoms with Crippen molar-refractivity contribution in [3.63, 3.8) is 0 Å². The summed E-state index contributed by atoms with van der Waals surface area (Å²) in [4.78, 5) is 18.0. The highest BCUT2D eigenvalue weighted by atomic mass is 32.1. The fourth-order valence-electron chi connectivity index (χ4n) is 2.27. The van der Waals surface area contributed by atoms with Crippen LogP contribution in [0.1, 0.15) is 12.0 Å². The molecule has 0 spiro atoms. The van der Waals surface area contributed by atoms with Crippen molar-refractivity contribution < 1.29 is 4.79 Å². The van der Waals surface area contributed by atoms with Gasteiger partial charge in [-0.1, -0.05) is 6.07 Å². The average Bonchev–Trinajstić information content (AvgIpc) is 3.01. The van der Waals surface area contributed by atoms with Crippen molar-refractivity contribution in [1.29, 1.82) is 0 Å². The predicted molar refractivity (Wildman–Crippen MR) is 91.2 cm³/mol. The molecule has 0 bridgehead atoms. The van der Waals surface area contributed by atoms with Crippen LogP contribution in [0.4, 0.5) is 5.69 Å². The van der Waals surface area contributed by atoms with Gasteiger partial charge in [-0.2, -0.15) is 8.75 Å². The summed E-state index contributed by atoms with van der Waals surface area (Å²) in [6.07, 6.45) is 3.75. The Kier molecular flexibility index (Phi) is 4.89. The Morgan fingerprint density at radius 1 is 1.26 bits per heavy atom. The standard InChI is InChI=1S/C16H17N5OS/c1-21(8-6-16(22)18-13-3-2-7-17-10-13)11-12-4-5-14-15(9-12)20-23-19-14/h2-5,7,9-10H,6,8,11H2,1H3,(H,18,22). The van der Waals surface area contributed by atoms with E-state index in [9.17, 15) is 4.79 Å². The smallest absolute Gasteiger partial charge is 0.225 e. The van der Waals surface area contributed by atoms with Crippen molar-refractivity contribution in [2.24, 2.45) is 0 Å². The van der Waals surface area contributed by atoms with E-state index in [0.717, 1.165) is 23.3 Å². The molecule has 2 aromatic heterocycles. The van der Waals surface area contributed by atoms with Gasteiger partial charge in [-0.25, -0.2) is 0 Å². The largest absolute Gasteiger partial charge is 0.325 e. The van der Waals surface area contributed by atoms with Gasteiger partial charge in [-0.15, -0.1) is 0 Å². The molecule has 0 saturated heterocycles.